The van der Waals surface area contributed by atoms with E-state index in [-0.39, 0.29) is 18.1 Å². The van der Waals surface area contributed by atoms with E-state index in [0.29, 0.717) is 5.92 Å². The standard InChI is InChI=1S/C14H24N2O/c1-11(2)12(9-17)16-10-14(3,4)13-7-5-6-8-15-13/h5-8,11-12,16-17H,9-10H2,1-4H3. The van der Waals surface area contributed by atoms with E-state index in [0.717, 1.165) is 12.2 Å². The van der Waals surface area contributed by atoms with E-state index in [9.17, 15) is 5.11 Å². The van der Waals surface area contributed by atoms with E-state index in [4.69, 9.17) is 0 Å². The second kappa shape index (κ2) is 6.12. The first-order chi connectivity index (χ1) is 7.97. The average molecular weight is 236 g/mol. The van der Waals surface area contributed by atoms with Gasteiger partial charge in [-0.05, 0) is 18.1 Å². The lowest BCUT2D eigenvalue weighted by Gasteiger charge is -2.28. The van der Waals surface area contributed by atoms with Crippen LogP contribution < -0.4 is 5.32 Å². The molecule has 3 nitrogen and oxygen atoms in total. The van der Waals surface area contributed by atoms with E-state index in [1.54, 1.807) is 0 Å². The number of aliphatic hydroxyl groups is 1. The summed E-state index contributed by atoms with van der Waals surface area (Å²) in [4.78, 5) is 4.40. The molecule has 0 aliphatic heterocycles. The van der Waals surface area contributed by atoms with Gasteiger partial charge >= 0.3 is 0 Å². The molecule has 0 fully saturated rings. The SMILES string of the molecule is CC(C)C(CO)NCC(C)(C)c1ccccn1. The van der Waals surface area contributed by atoms with E-state index in [1.165, 1.54) is 0 Å². The molecule has 1 rings (SSSR count). The van der Waals surface area contributed by atoms with Crippen LogP contribution in [0.15, 0.2) is 24.4 Å². The summed E-state index contributed by atoms with van der Waals surface area (Å²) in [6.45, 7) is 9.54. The van der Waals surface area contributed by atoms with Gasteiger partial charge in [0.2, 0.25) is 0 Å². The van der Waals surface area contributed by atoms with Crippen molar-refractivity contribution in [1.82, 2.24) is 10.3 Å². The lowest BCUT2D eigenvalue weighted by molar-refractivity contribution is 0.204. The third kappa shape index (κ3) is 4.10. The van der Waals surface area contributed by atoms with Crippen molar-refractivity contribution >= 4 is 0 Å². The summed E-state index contributed by atoms with van der Waals surface area (Å²) in [5.41, 5.74) is 1.05. The third-order valence-corrected chi connectivity index (χ3v) is 3.17. The molecule has 0 spiro atoms. The molecule has 0 aliphatic rings. The maximum Gasteiger partial charge on any atom is 0.0587 e. The summed E-state index contributed by atoms with van der Waals surface area (Å²) in [5.74, 6) is 0.430. The number of pyridine rings is 1. The molecule has 1 unspecified atom stereocenters. The van der Waals surface area contributed by atoms with Gasteiger partial charge in [0.25, 0.3) is 0 Å². The Hall–Kier alpha value is -0.930. The van der Waals surface area contributed by atoms with Crippen LogP contribution in [0.4, 0.5) is 0 Å². The lowest BCUT2D eigenvalue weighted by atomic mass is 9.88. The second-order valence-corrected chi connectivity index (χ2v) is 5.51. The molecule has 0 amide bonds. The Kier molecular flexibility index (Phi) is 5.09. The summed E-state index contributed by atoms with van der Waals surface area (Å²) in [6, 6.07) is 6.14. The van der Waals surface area contributed by atoms with Gasteiger partial charge in [-0.2, -0.15) is 0 Å². The molecular weight excluding hydrogens is 212 g/mol. The van der Waals surface area contributed by atoms with Crippen molar-refractivity contribution in [1.29, 1.82) is 0 Å². The van der Waals surface area contributed by atoms with Crippen LogP contribution in [0.25, 0.3) is 0 Å². The van der Waals surface area contributed by atoms with Crippen LogP contribution in [0.5, 0.6) is 0 Å². The Morgan fingerprint density at radius 2 is 2.06 bits per heavy atom. The quantitative estimate of drug-likeness (QED) is 0.793. The zero-order chi connectivity index (χ0) is 12.9. The Morgan fingerprint density at radius 1 is 1.35 bits per heavy atom. The predicted molar refractivity (Wildman–Crippen MR) is 71.0 cm³/mol. The van der Waals surface area contributed by atoms with Crippen LogP contribution >= 0.6 is 0 Å². The molecule has 0 aliphatic carbocycles. The zero-order valence-electron chi connectivity index (χ0n) is 11.3. The summed E-state index contributed by atoms with van der Waals surface area (Å²) >= 11 is 0. The highest BCUT2D eigenvalue weighted by molar-refractivity contribution is 5.15. The minimum absolute atomic E-state index is 0.0242. The van der Waals surface area contributed by atoms with Gasteiger partial charge in [0.05, 0.1) is 6.61 Å². The van der Waals surface area contributed by atoms with E-state index in [2.05, 4.69) is 38.0 Å². The van der Waals surface area contributed by atoms with Crippen LogP contribution in [-0.4, -0.2) is 29.3 Å². The van der Waals surface area contributed by atoms with Crippen LogP contribution in [0, 0.1) is 5.92 Å². The van der Waals surface area contributed by atoms with Crippen molar-refractivity contribution < 1.29 is 5.11 Å². The minimum atomic E-state index is -0.0242. The highest BCUT2D eigenvalue weighted by atomic mass is 16.3. The fourth-order valence-corrected chi connectivity index (χ4v) is 1.75. The van der Waals surface area contributed by atoms with Crippen molar-refractivity contribution in [3.63, 3.8) is 0 Å². The van der Waals surface area contributed by atoms with Crippen LogP contribution in [-0.2, 0) is 5.41 Å². The van der Waals surface area contributed by atoms with Gasteiger partial charge in [-0.1, -0.05) is 33.8 Å². The fraction of sp³-hybridized carbons (Fsp3) is 0.643. The van der Waals surface area contributed by atoms with Crippen molar-refractivity contribution in [2.45, 2.75) is 39.2 Å². The van der Waals surface area contributed by atoms with Crippen LogP contribution in [0.1, 0.15) is 33.4 Å². The molecule has 0 bridgehead atoms. The fourth-order valence-electron chi connectivity index (χ4n) is 1.75. The average Bonchev–Trinajstić information content (AvgIpc) is 2.30. The zero-order valence-corrected chi connectivity index (χ0v) is 11.3. The van der Waals surface area contributed by atoms with Gasteiger partial charge in [0.1, 0.15) is 0 Å². The van der Waals surface area contributed by atoms with Crippen molar-refractivity contribution in [3.8, 4) is 0 Å². The van der Waals surface area contributed by atoms with Gasteiger partial charge in [0, 0.05) is 29.9 Å². The van der Waals surface area contributed by atoms with Gasteiger partial charge in [-0.3, -0.25) is 4.98 Å². The Morgan fingerprint density at radius 3 is 2.53 bits per heavy atom. The smallest absolute Gasteiger partial charge is 0.0587 e. The molecule has 0 saturated carbocycles. The topological polar surface area (TPSA) is 45.1 Å². The first kappa shape index (κ1) is 14.1. The summed E-state index contributed by atoms with van der Waals surface area (Å²) in [7, 11) is 0. The Balaban J connectivity index is 2.61. The molecule has 3 heteroatoms. The van der Waals surface area contributed by atoms with Crippen molar-refractivity contribution in [3.05, 3.63) is 30.1 Å². The van der Waals surface area contributed by atoms with Crippen molar-refractivity contribution in [2.24, 2.45) is 5.92 Å². The predicted octanol–water partition coefficient (Wildman–Crippen LogP) is 1.97. The second-order valence-electron chi connectivity index (χ2n) is 5.51. The molecule has 2 N–H and O–H groups in total. The molecule has 1 heterocycles. The Bertz CT molecular complexity index is 322. The number of hydrogen-bond acceptors (Lipinski definition) is 3. The normalized spacial score (nSPS) is 14.0. The maximum absolute atomic E-state index is 9.29. The molecule has 96 valence electrons. The van der Waals surface area contributed by atoms with Gasteiger partial charge in [-0.25, -0.2) is 0 Å². The number of nitrogens with zero attached hydrogens (tertiary/aromatic N) is 1. The molecule has 1 aromatic rings. The summed E-state index contributed by atoms with van der Waals surface area (Å²) < 4.78 is 0. The molecule has 17 heavy (non-hydrogen) atoms. The number of rotatable bonds is 6. The first-order valence-corrected chi connectivity index (χ1v) is 6.23. The molecule has 0 aromatic carbocycles. The van der Waals surface area contributed by atoms with Crippen LogP contribution in [0.3, 0.4) is 0 Å². The highest BCUT2D eigenvalue weighted by Crippen LogP contribution is 2.20. The molecule has 1 atom stereocenters. The monoisotopic (exact) mass is 236 g/mol. The number of aromatic nitrogens is 1. The molecule has 0 radical (unpaired) electrons. The largest absolute Gasteiger partial charge is 0.395 e. The highest BCUT2D eigenvalue weighted by Gasteiger charge is 2.23. The van der Waals surface area contributed by atoms with Gasteiger partial charge in [-0.15, -0.1) is 0 Å². The molecule has 1 aromatic heterocycles. The lowest BCUT2D eigenvalue weighted by Crippen LogP contribution is -2.44. The number of nitrogens with one attached hydrogen (secondary N) is 1. The van der Waals surface area contributed by atoms with Crippen LogP contribution in [0.2, 0.25) is 0 Å². The summed E-state index contributed by atoms with van der Waals surface area (Å²) in [5, 5.41) is 12.7. The van der Waals surface area contributed by atoms with E-state index >= 15 is 0 Å². The minimum Gasteiger partial charge on any atom is -0.395 e. The number of hydrogen-bond donors (Lipinski definition) is 2. The third-order valence-electron chi connectivity index (χ3n) is 3.17. The maximum atomic E-state index is 9.29. The van der Waals surface area contributed by atoms with Gasteiger partial charge < -0.3 is 10.4 Å². The number of aliphatic hydroxyl groups excluding tert-OH is 1. The molecular formula is C14H24N2O. The summed E-state index contributed by atoms with van der Waals surface area (Å²) in [6.07, 6.45) is 1.82. The Labute approximate surface area is 104 Å². The molecule has 0 saturated heterocycles. The first-order valence-electron chi connectivity index (χ1n) is 6.23. The van der Waals surface area contributed by atoms with E-state index in [1.807, 2.05) is 24.4 Å². The van der Waals surface area contributed by atoms with Crippen molar-refractivity contribution in [2.75, 3.05) is 13.2 Å². The van der Waals surface area contributed by atoms with E-state index < -0.39 is 0 Å². The van der Waals surface area contributed by atoms with Gasteiger partial charge in [0.15, 0.2) is 0 Å².